The average Bonchev–Trinajstić information content (AvgIpc) is 2.88. The Hall–Kier alpha value is -3.59. The van der Waals surface area contributed by atoms with Crippen molar-refractivity contribution in [3.05, 3.63) is 108 Å². The number of aryl methyl sites for hydroxylation is 1. The number of hydrogen-bond donors (Lipinski definition) is 1. The van der Waals surface area contributed by atoms with Crippen molar-refractivity contribution in [3.8, 4) is 5.75 Å². The zero-order valence-electron chi connectivity index (χ0n) is 20.1. The zero-order chi connectivity index (χ0) is 23.8. The number of benzene rings is 4. The van der Waals surface area contributed by atoms with Gasteiger partial charge in [-0.1, -0.05) is 86.1 Å². The van der Waals surface area contributed by atoms with Gasteiger partial charge in [-0.2, -0.15) is 0 Å². The van der Waals surface area contributed by atoms with Crippen molar-refractivity contribution in [2.75, 3.05) is 11.9 Å². The van der Waals surface area contributed by atoms with Gasteiger partial charge < -0.3 is 10.1 Å². The van der Waals surface area contributed by atoms with E-state index in [0.717, 1.165) is 59.0 Å². The number of para-hydroxylation sites is 1. The molecule has 0 aliphatic rings. The molecule has 0 saturated carbocycles. The number of carbonyl (C=O) groups is 1. The van der Waals surface area contributed by atoms with Crippen LogP contribution in [0.15, 0.2) is 91.0 Å². The number of nitrogens with one attached hydrogen (secondary N) is 1. The molecular weight excluding hydrogens is 418 g/mol. The summed E-state index contributed by atoms with van der Waals surface area (Å²) >= 11 is 0. The third-order valence-corrected chi connectivity index (χ3v) is 6.32. The molecular formula is C31H33NO2. The van der Waals surface area contributed by atoms with Gasteiger partial charge in [0.05, 0.1) is 12.5 Å². The standard InChI is InChI=1S/C31H33NO2/c1-3-4-11-26-19-18-24(20-21-34-27-14-6-5-7-15-27)22-30(26)32-31(33)23(2)28-17-10-13-25-12-8-9-16-29(25)28/h5-10,12-19,22-23H,3-4,11,20-21H2,1-2H3,(H,32,33). The van der Waals surface area contributed by atoms with Crippen LogP contribution in [0.1, 0.15) is 49.3 Å². The van der Waals surface area contributed by atoms with Gasteiger partial charge in [-0.3, -0.25) is 4.79 Å². The van der Waals surface area contributed by atoms with E-state index in [1.54, 1.807) is 0 Å². The van der Waals surface area contributed by atoms with Crippen molar-refractivity contribution >= 4 is 22.4 Å². The van der Waals surface area contributed by atoms with E-state index in [1.165, 1.54) is 5.56 Å². The number of amides is 1. The molecule has 1 unspecified atom stereocenters. The number of anilines is 1. The van der Waals surface area contributed by atoms with Crippen LogP contribution in [0.4, 0.5) is 5.69 Å². The van der Waals surface area contributed by atoms with Crippen LogP contribution >= 0.6 is 0 Å². The van der Waals surface area contributed by atoms with Crippen LogP contribution in [-0.2, 0) is 17.6 Å². The molecule has 0 spiro atoms. The normalized spacial score (nSPS) is 11.8. The predicted molar refractivity (Wildman–Crippen MR) is 142 cm³/mol. The van der Waals surface area contributed by atoms with Crippen molar-refractivity contribution in [2.45, 2.75) is 45.4 Å². The van der Waals surface area contributed by atoms with E-state index in [0.29, 0.717) is 6.61 Å². The molecule has 4 rings (SSSR count). The number of carbonyl (C=O) groups excluding carboxylic acids is 1. The second-order valence-corrected chi connectivity index (χ2v) is 8.79. The minimum absolute atomic E-state index is 0.0202. The highest BCUT2D eigenvalue weighted by atomic mass is 16.5. The van der Waals surface area contributed by atoms with Crippen LogP contribution in [0.5, 0.6) is 5.75 Å². The SMILES string of the molecule is CCCCc1ccc(CCOc2ccccc2)cc1NC(=O)C(C)c1cccc2ccccc12. The molecule has 1 atom stereocenters. The molecule has 4 aromatic rings. The van der Waals surface area contributed by atoms with E-state index in [2.05, 4.69) is 54.7 Å². The highest BCUT2D eigenvalue weighted by Crippen LogP contribution is 2.28. The van der Waals surface area contributed by atoms with Crippen molar-refractivity contribution in [1.82, 2.24) is 0 Å². The molecule has 0 fully saturated rings. The van der Waals surface area contributed by atoms with Crippen LogP contribution in [0.2, 0.25) is 0 Å². The second-order valence-electron chi connectivity index (χ2n) is 8.79. The molecule has 174 valence electrons. The highest BCUT2D eigenvalue weighted by Gasteiger charge is 2.19. The van der Waals surface area contributed by atoms with E-state index in [4.69, 9.17) is 4.74 Å². The Balaban J connectivity index is 1.50. The van der Waals surface area contributed by atoms with Crippen LogP contribution in [0.3, 0.4) is 0 Å². The lowest BCUT2D eigenvalue weighted by Gasteiger charge is -2.18. The lowest BCUT2D eigenvalue weighted by molar-refractivity contribution is -0.117. The van der Waals surface area contributed by atoms with Crippen molar-refractivity contribution < 1.29 is 9.53 Å². The average molecular weight is 452 g/mol. The Morgan fingerprint density at radius 3 is 2.47 bits per heavy atom. The monoisotopic (exact) mass is 451 g/mol. The predicted octanol–water partition coefficient (Wildman–Crippen LogP) is 7.55. The Morgan fingerprint density at radius 1 is 0.882 bits per heavy atom. The molecule has 0 bridgehead atoms. The van der Waals surface area contributed by atoms with E-state index in [1.807, 2.05) is 55.5 Å². The summed E-state index contributed by atoms with van der Waals surface area (Å²) in [5.74, 6) is 0.640. The Kier molecular flexibility index (Phi) is 7.98. The first-order valence-corrected chi connectivity index (χ1v) is 12.2. The summed E-state index contributed by atoms with van der Waals surface area (Å²) in [6.07, 6.45) is 3.95. The van der Waals surface area contributed by atoms with Gasteiger partial charge in [0.2, 0.25) is 5.91 Å². The summed E-state index contributed by atoms with van der Waals surface area (Å²) in [6, 6.07) is 30.7. The van der Waals surface area contributed by atoms with Gasteiger partial charge >= 0.3 is 0 Å². The zero-order valence-corrected chi connectivity index (χ0v) is 20.1. The first-order valence-electron chi connectivity index (χ1n) is 12.2. The lowest BCUT2D eigenvalue weighted by atomic mass is 9.93. The summed E-state index contributed by atoms with van der Waals surface area (Å²) in [4.78, 5) is 13.4. The van der Waals surface area contributed by atoms with Crippen LogP contribution in [-0.4, -0.2) is 12.5 Å². The summed E-state index contributed by atoms with van der Waals surface area (Å²) in [5, 5.41) is 5.54. The summed E-state index contributed by atoms with van der Waals surface area (Å²) in [6.45, 7) is 4.77. The van der Waals surface area contributed by atoms with Gasteiger partial charge in [-0.15, -0.1) is 0 Å². The van der Waals surface area contributed by atoms with Crippen molar-refractivity contribution in [3.63, 3.8) is 0 Å². The fourth-order valence-electron chi connectivity index (χ4n) is 4.29. The quantitative estimate of drug-likeness (QED) is 0.270. The summed E-state index contributed by atoms with van der Waals surface area (Å²) < 4.78 is 5.88. The Morgan fingerprint density at radius 2 is 1.65 bits per heavy atom. The molecule has 0 radical (unpaired) electrons. The minimum Gasteiger partial charge on any atom is -0.493 e. The number of rotatable bonds is 10. The topological polar surface area (TPSA) is 38.3 Å². The molecule has 1 N–H and O–H groups in total. The minimum atomic E-state index is -0.254. The van der Waals surface area contributed by atoms with E-state index < -0.39 is 0 Å². The molecule has 0 heterocycles. The highest BCUT2D eigenvalue weighted by molar-refractivity contribution is 5.99. The number of unbranched alkanes of at least 4 members (excludes halogenated alkanes) is 1. The fourth-order valence-corrected chi connectivity index (χ4v) is 4.29. The van der Waals surface area contributed by atoms with Crippen LogP contribution in [0.25, 0.3) is 10.8 Å². The molecule has 0 aliphatic carbocycles. The second kappa shape index (κ2) is 11.5. The van der Waals surface area contributed by atoms with Crippen molar-refractivity contribution in [2.24, 2.45) is 0 Å². The molecule has 0 aromatic heterocycles. The summed E-state index contributed by atoms with van der Waals surface area (Å²) in [7, 11) is 0. The van der Waals surface area contributed by atoms with Gasteiger partial charge in [-0.05, 0) is 65.4 Å². The molecule has 0 aliphatic heterocycles. The Labute approximate surface area is 202 Å². The van der Waals surface area contributed by atoms with Gasteiger partial charge in [0.1, 0.15) is 5.75 Å². The van der Waals surface area contributed by atoms with E-state index in [9.17, 15) is 4.79 Å². The number of hydrogen-bond acceptors (Lipinski definition) is 2. The van der Waals surface area contributed by atoms with E-state index >= 15 is 0 Å². The number of fused-ring (bicyclic) bond motifs is 1. The molecule has 4 aromatic carbocycles. The molecule has 34 heavy (non-hydrogen) atoms. The summed E-state index contributed by atoms with van der Waals surface area (Å²) in [5.41, 5.74) is 4.32. The maximum Gasteiger partial charge on any atom is 0.231 e. The molecule has 1 amide bonds. The van der Waals surface area contributed by atoms with Gasteiger partial charge in [-0.25, -0.2) is 0 Å². The van der Waals surface area contributed by atoms with Gasteiger partial charge in [0.25, 0.3) is 0 Å². The third-order valence-electron chi connectivity index (χ3n) is 6.32. The first kappa shape index (κ1) is 23.6. The first-order chi connectivity index (χ1) is 16.7. The maximum atomic E-state index is 13.4. The molecule has 0 saturated heterocycles. The largest absolute Gasteiger partial charge is 0.493 e. The third kappa shape index (κ3) is 5.85. The lowest BCUT2D eigenvalue weighted by Crippen LogP contribution is -2.20. The fraction of sp³-hybridized carbons (Fsp3) is 0.258. The van der Waals surface area contributed by atoms with Gasteiger partial charge in [0, 0.05) is 12.1 Å². The van der Waals surface area contributed by atoms with Crippen molar-refractivity contribution in [1.29, 1.82) is 0 Å². The maximum absolute atomic E-state index is 13.4. The Bertz CT molecular complexity index is 1230. The van der Waals surface area contributed by atoms with Gasteiger partial charge in [0.15, 0.2) is 0 Å². The van der Waals surface area contributed by atoms with E-state index in [-0.39, 0.29) is 11.8 Å². The van der Waals surface area contributed by atoms with Crippen LogP contribution < -0.4 is 10.1 Å². The number of ether oxygens (including phenoxy) is 1. The van der Waals surface area contributed by atoms with Crippen LogP contribution in [0, 0.1) is 0 Å². The molecule has 3 heteroatoms. The molecule has 3 nitrogen and oxygen atoms in total. The smallest absolute Gasteiger partial charge is 0.231 e.